The fourth-order valence-corrected chi connectivity index (χ4v) is 2.87. The minimum Gasteiger partial charge on any atom is -0.481 e. The number of nitrogens with zero attached hydrogens (tertiary/aromatic N) is 1. The molecule has 1 aromatic rings. The van der Waals surface area contributed by atoms with Crippen LogP contribution in [0.25, 0.3) is 0 Å². The van der Waals surface area contributed by atoms with Gasteiger partial charge in [-0.1, -0.05) is 36.8 Å². The molecule has 1 saturated heterocycles. The van der Waals surface area contributed by atoms with Gasteiger partial charge >= 0.3 is 12.0 Å². The Labute approximate surface area is 136 Å². The minimum atomic E-state index is -0.911. The number of carbonyl (C=O) groups excluding carboxylic acids is 1. The number of carboxylic acid groups (broad SMARTS) is 1. The molecule has 1 aliphatic heterocycles. The third-order valence-electron chi connectivity index (χ3n) is 4.10. The van der Waals surface area contributed by atoms with Crippen LogP contribution in [0.1, 0.15) is 31.2 Å². The predicted molar refractivity (Wildman–Crippen MR) is 88.1 cm³/mol. The highest BCUT2D eigenvalue weighted by atomic mass is 16.4. The largest absolute Gasteiger partial charge is 0.481 e. The Bertz CT molecular complexity index is 507. The fourth-order valence-electron chi connectivity index (χ4n) is 2.87. The van der Waals surface area contributed by atoms with Crippen LogP contribution in [-0.2, 0) is 11.3 Å². The highest BCUT2D eigenvalue weighted by Gasteiger charge is 2.22. The molecule has 126 valence electrons. The van der Waals surface area contributed by atoms with Gasteiger partial charge in [0.1, 0.15) is 0 Å². The molecule has 1 heterocycles. The number of urea groups is 1. The maximum absolute atomic E-state index is 11.7. The molecule has 3 N–H and O–H groups in total. The quantitative estimate of drug-likeness (QED) is 0.716. The molecule has 1 unspecified atom stereocenters. The SMILES string of the molecule is O=C(O)CCNC(=O)NCC1CCCCN1Cc1ccccc1. The van der Waals surface area contributed by atoms with Crippen LogP contribution in [-0.4, -0.2) is 47.7 Å². The van der Waals surface area contributed by atoms with Crippen molar-refractivity contribution in [2.45, 2.75) is 38.3 Å². The highest BCUT2D eigenvalue weighted by molar-refractivity contribution is 5.74. The number of rotatable bonds is 7. The van der Waals surface area contributed by atoms with Crippen molar-refractivity contribution in [2.75, 3.05) is 19.6 Å². The van der Waals surface area contributed by atoms with Gasteiger partial charge in [0.15, 0.2) is 0 Å². The molecule has 1 atom stereocenters. The highest BCUT2D eigenvalue weighted by Crippen LogP contribution is 2.19. The number of amides is 2. The predicted octanol–water partition coefficient (Wildman–Crippen LogP) is 1.81. The van der Waals surface area contributed by atoms with E-state index in [0.29, 0.717) is 12.6 Å². The monoisotopic (exact) mass is 319 g/mol. The average Bonchev–Trinajstić information content (AvgIpc) is 2.55. The smallest absolute Gasteiger partial charge is 0.314 e. The lowest BCUT2D eigenvalue weighted by molar-refractivity contribution is -0.136. The summed E-state index contributed by atoms with van der Waals surface area (Å²) in [6.45, 7) is 2.68. The van der Waals surface area contributed by atoms with E-state index >= 15 is 0 Å². The summed E-state index contributed by atoms with van der Waals surface area (Å²) in [4.78, 5) is 24.5. The Morgan fingerprint density at radius 3 is 2.70 bits per heavy atom. The summed E-state index contributed by atoms with van der Waals surface area (Å²) in [7, 11) is 0. The van der Waals surface area contributed by atoms with Crippen LogP contribution in [0, 0.1) is 0 Å². The van der Waals surface area contributed by atoms with E-state index < -0.39 is 5.97 Å². The van der Waals surface area contributed by atoms with Gasteiger partial charge in [-0.3, -0.25) is 9.69 Å². The molecule has 2 rings (SSSR count). The standard InChI is InChI=1S/C17H25N3O3/c21-16(22)9-10-18-17(23)19-12-15-8-4-5-11-20(15)13-14-6-2-1-3-7-14/h1-3,6-7,15H,4-5,8-13H2,(H,21,22)(H2,18,19,23). The lowest BCUT2D eigenvalue weighted by Crippen LogP contribution is -2.48. The second kappa shape index (κ2) is 9.15. The maximum Gasteiger partial charge on any atom is 0.314 e. The van der Waals surface area contributed by atoms with Crippen molar-refractivity contribution in [3.05, 3.63) is 35.9 Å². The Kier molecular flexibility index (Phi) is 6.87. The zero-order valence-corrected chi connectivity index (χ0v) is 13.3. The number of nitrogens with one attached hydrogen (secondary N) is 2. The summed E-state index contributed by atoms with van der Waals surface area (Å²) in [5, 5.41) is 14.0. The Balaban J connectivity index is 1.77. The molecular formula is C17H25N3O3. The molecule has 23 heavy (non-hydrogen) atoms. The molecule has 0 spiro atoms. The van der Waals surface area contributed by atoms with Gasteiger partial charge in [-0.2, -0.15) is 0 Å². The van der Waals surface area contributed by atoms with Crippen LogP contribution in [0.4, 0.5) is 4.79 Å². The molecule has 0 saturated carbocycles. The van der Waals surface area contributed by atoms with Gasteiger partial charge in [0.2, 0.25) is 0 Å². The first kappa shape index (κ1) is 17.3. The summed E-state index contributed by atoms with van der Waals surface area (Å²) < 4.78 is 0. The molecule has 6 heteroatoms. The van der Waals surface area contributed by atoms with Crippen molar-refractivity contribution in [1.29, 1.82) is 0 Å². The van der Waals surface area contributed by atoms with Crippen molar-refractivity contribution >= 4 is 12.0 Å². The third-order valence-corrected chi connectivity index (χ3v) is 4.10. The summed E-state index contributed by atoms with van der Waals surface area (Å²) in [6.07, 6.45) is 3.38. The van der Waals surface area contributed by atoms with E-state index in [1.807, 2.05) is 18.2 Å². The normalized spacial score (nSPS) is 18.3. The molecule has 0 radical (unpaired) electrons. The fraction of sp³-hybridized carbons (Fsp3) is 0.529. The number of carbonyl (C=O) groups is 2. The van der Waals surface area contributed by atoms with Crippen LogP contribution in [0.5, 0.6) is 0 Å². The van der Waals surface area contributed by atoms with Gasteiger partial charge in [0, 0.05) is 25.7 Å². The van der Waals surface area contributed by atoms with Crippen LogP contribution >= 0.6 is 0 Å². The molecule has 1 fully saturated rings. The molecule has 1 aliphatic rings. The second-order valence-electron chi connectivity index (χ2n) is 5.89. The molecule has 1 aromatic carbocycles. The number of likely N-dealkylation sites (tertiary alicyclic amines) is 1. The van der Waals surface area contributed by atoms with Crippen molar-refractivity contribution in [2.24, 2.45) is 0 Å². The van der Waals surface area contributed by atoms with Gasteiger partial charge in [0.25, 0.3) is 0 Å². The van der Waals surface area contributed by atoms with Gasteiger partial charge in [-0.05, 0) is 24.9 Å². The van der Waals surface area contributed by atoms with Crippen molar-refractivity contribution in [3.63, 3.8) is 0 Å². The topological polar surface area (TPSA) is 81.7 Å². The maximum atomic E-state index is 11.7. The van der Waals surface area contributed by atoms with E-state index in [-0.39, 0.29) is 19.0 Å². The summed E-state index contributed by atoms with van der Waals surface area (Å²) >= 11 is 0. The van der Waals surface area contributed by atoms with Crippen molar-refractivity contribution in [3.8, 4) is 0 Å². The molecule has 0 aromatic heterocycles. The summed E-state index contributed by atoms with van der Waals surface area (Å²) in [5.74, 6) is -0.911. The van der Waals surface area contributed by atoms with Crippen molar-refractivity contribution < 1.29 is 14.7 Å². The molecule has 0 bridgehead atoms. The third kappa shape index (κ3) is 6.28. The van der Waals surface area contributed by atoms with E-state index in [9.17, 15) is 9.59 Å². The van der Waals surface area contributed by atoms with E-state index in [1.165, 1.54) is 18.4 Å². The minimum absolute atomic E-state index is 0.0586. The van der Waals surface area contributed by atoms with Gasteiger partial charge in [0.05, 0.1) is 6.42 Å². The molecule has 2 amide bonds. The molecule has 6 nitrogen and oxygen atoms in total. The first-order chi connectivity index (χ1) is 11.1. The van der Waals surface area contributed by atoms with Gasteiger partial charge < -0.3 is 15.7 Å². The van der Waals surface area contributed by atoms with Crippen molar-refractivity contribution in [1.82, 2.24) is 15.5 Å². The van der Waals surface area contributed by atoms with Crippen LogP contribution < -0.4 is 10.6 Å². The molecular weight excluding hydrogens is 294 g/mol. The first-order valence-electron chi connectivity index (χ1n) is 8.16. The number of carboxylic acids is 1. The number of hydrogen-bond acceptors (Lipinski definition) is 3. The molecule has 0 aliphatic carbocycles. The van der Waals surface area contributed by atoms with Gasteiger partial charge in [-0.25, -0.2) is 4.79 Å². The zero-order chi connectivity index (χ0) is 16.5. The van der Waals surface area contributed by atoms with Gasteiger partial charge in [-0.15, -0.1) is 0 Å². The zero-order valence-electron chi connectivity index (χ0n) is 13.3. The lowest BCUT2D eigenvalue weighted by Gasteiger charge is -2.35. The number of piperidine rings is 1. The van der Waals surface area contributed by atoms with E-state index in [1.54, 1.807) is 0 Å². The Morgan fingerprint density at radius 2 is 1.96 bits per heavy atom. The average molecular weight is 319 g/mol. The Hall–Kier alpha value is -2.08. The van der Waals surface area contributed by atoms with Crippen LogP contribution in [0.2, 0.25) is 0 Å². The second-order valence-corrected chi connectivity index (χ2v) is 5.89. The van der Waals surface area contributed by atoms with Crippen LogP contribution in [0.3, 0.4) is 0 Å². The number of benzene rings is 1. The van der Waals surface area contributed by atoms with E-state index in [2.05, 4.69) is 27.7 Å². The lowest BCUT2D eigenvalue weighted by atomic mass is 10.0. The first-order valence-corrected chi connectivity index (χ1v) is 8.16. The summed E-state index contributed by atoms with van der Waals surface area (Å²) in [6, 6.07) is 10.4. The number of hydrogen-bond donors (Lipinski definition) is 3. The van der Waals surface area contributed by atoms with E-state index in [4.69, 9.17) is 5.11 Å². The summed E-state index contributed by atoms with van der Waals surface area (Å²) in [5.41, 5.74) is 1.28. The van der Waals surface area contributed by atoms with E-state index in [0.717, 1.165) is 19.5 Å². The Morgan fingerprint density at radius 1 is 1.17 bits per heavy atom. The number of aliphatic carboxylic acids is 1. The van der Waals surface area contributed by atoms with Crippen LogP contribution in [0.15, 0.2) is 30.3 Å².